The standard InChI is InChI=1S/C25H36N4O4S/c30-24(19-28-13-2-1-8-23(28)25(31)27-11-3-4-12-27)26-14-16-29(17-15-26)34(32,33)22-10-9-20-6-5-7-21(20)18-22/h9-10,18,23H,1-8,11-17,19H2. The van der Waals surface area contributed by atoms with Crippen LogP contribution in [0.4, 0.5) is 0 Å². The number of likely N-dealkylation sites (tertiary alicyclic amines) is 2. The monoisotopic (exact) mass is 488 g/mol. The molecule has 5 rings (SSSR count). The van der Waals surface area contributed by atoms with Crippen LogP contribution >= 0.6 is 0 Å². The Morgan fingerprint density at radius 3 is 2.26 bits per heavy atom. The molecule has 34 heavy (non-hydrogen) atoms. The molecule has 1 aromatic rings. The smallest absolute Gasteiger partial charge is 0.243 e. The highest BCUT2D eigenvalue weighted by atomic mass is 32.2. The molecular weight excluding hydrogens is 452 g/mol. The maximum atomic E-state index is 13.2. The molecule has 3 saturated heterocycles. The molecule has 3 heterocycles. The molecule has 0 spiro atoms. The third-order valence-electron chi connectivity index (χ3n) is 7.95. The Kier molecular flexibility index (Phi) is 6.95. The van der Waals surface area contributed by atoms with Gasteiger partial charge in [0.2, 0.25) is 21.8 Å². The molecule has 2 amide bonds. The minimum Gasteiger partial charge on any atom is -0.341 e. The molecule has 0 radical (unpaired) electrons. The fourth-order valence-electron chi connectivity index (χ4n) is 5.92. The Hall–Kier alpha value is -1.97. The first kappa shape index (κ1) is 23.8. The van der Waals surface area contributed by atoms with Gasteiger partial charge in [-0.1, -0.05) is 12.5 Å². The van der Waals surface area contributed by atoms with E-state index >= 15 is 0 Å². The van der Waals surface area contributed by atoms with Gasteiger partial charge in [0, 0.05) is 39.3 Å². The maximum Gasteiger partial charge on any atom is 0.243 e. The largest absolute Gasteiger partial charge is 0.341 e. The number of sulfonamides is 1. The number of hydrogen-bond donors (Lipinski definition) is 0. The number of aryl methyl sites for hydroxylation is 2. The normalized spacial score (nSPS) is 24.4. The number of piperidine rings is 1. The molecule has 1 aromatic carbocycles. The van der Waals surface area contributed by atoms with Gasteiger partial charge in [0.25, 0.3) is 0 Å². The highest BCUT2D eigenvalue weighted by Gasteiger charge is 2.36. The average Bonchev–Trinajstić information content (AvgIpc) is 3.56. The van der Waals surface area contributed by atoms with Crippen molar-refractivity contribution in [3.05, 3.63) is 29.3 Å². The van der Waals surface area contributed by atoms with Crippen molar-refractivity contribution >= 4 is 21.8 Å². The van der Waals surface area contributed by atoms with E-state index in [9.17, 15) is 18.0 Å². The van der Waals surface area contributed by atoms with Crippen LogP contribution in [-0.4, -0.2) is 97.6 Å². The van der Waals surface area contributed by atoms with Crippen molar-refractivity contribution in [2.45, 2.75) is 62.3 Å². The molecule has 0 aromatic heterocycles. The number of nitrogens with zero attached hydrogens (tertiary/aromatic N) is 4. The van der Waals surface area contributed by atoms with Crippen LogP contribution in [0.5, 0.6) is 0 Å². The summed E-state index contributed by atoms with van der Waals surface area (Å²) in [5.41, 5.74) is 2.41. The van der Waals surface area contributed by atoms with Gasteiger partial charge in [-0.3, -0.25) is 14.5 Å². The fourth-order valence-corrected chi connectivity index (χ4v) is 7.39. The van der Waals surface area contributed by atoms with Gasteiger partial charge < -0.3 is 9.80 Å². The van der Waals surface area contributed by atoms with Gasteiger partial charge in [-0.05, 0) is 74.8 Å². The second-order valence-corrected chi connectivity index (χ2v) is 12.0. The molecule has 3 fully saturated rings. The lowest BCUT2D eigenvalue weighted by molar-refractivity contribution is -0.141. The molecule has 4 aliphatic rings. The summed E-state index contributed by atoms with van der Waals surface area (Å²) in [4.78, 5) is 32.3. The highest BCUT2D eigenvalue weighted by molar-refractivity contribution is 7.89. The van der Waals surface area contributed by atoms with Crippen molar-refractivity contribution in [1.29, 1.82) is 0 Å². The predicted octanol–water partition coefficient (Wildman–Crippen LogP) is 1.49. The molecule has 186 valence electrons. The second kappa shape index (κ2) is 9.95. The van der Waals surface area contributed by atoms with Crippen LogP contribution in [0.15, 0.2) is 23.1 Å². The van der Waals surface area contributed by atoms with E-state index < -0.39 is 10.0 Å². The number of carbonyl (C=O) groups is 2. The summed E-state index contributed by atoms with van der Waals surface area (Å²) in [7, 11) is -3.55. The zero-order chi connectivity index (χ0) is 23.7. The summed E-state index contributed by atoms with van der Waals surface area (Å²) in [5.74, 6) is 0.172. The van der Waals surface area contributed by atoms with E-state index in [0.717, 1.165) is 76.6 Å². The third-order valence-corrected chi connectivity index (χ3v) is 9.85. The SMILES string of the molecule is O=C(CN1CCCCC1C(=O)N1CCCC1)N1CCN(S(=O)(=O)c2ccc3c(c2)CCC3)CC1. The van der Waals surface area contributed by atoms with Crippen LogP contribution in [0.3, 0.4) is 0 Å². The maximum absolute atomic E-state index is 13.2. The van der Waals surface area contributed by atoms with E-state index in [1.165, 1.54) is 9.87 Å². The van der Waals surface area contributed by atoms with Crippen LogP contribution in [0.1, 0.15) is 49.7 Å². The van der Waals surface area contributed by atoms with Gasteiger partial charge in [0.1, 0.15) is 0 Å². The lowest BCUT2D eigenvalue weighted by atomic mass is 10.0. The van der Waals surface area contributed by atoms with Crippen LogP contribution in [0.25, 0.3) is 0 Å². The topological polar surface area (TPSA) is 81.2 Å². The van der Waals surface area contributed by atoms with Gasteiger partial charge in [0.15, 0.2) is 0 Å². The molecule has 3 aliphatic heterocycles. The molecule has 1 atom stereocenters. The van der Waals surface area contributed by atoms with E-state index in [1.54, 1.807) is 11.0 Å². The summed E-state index contributed by atoms with van der Waals surface area (Å²) >= 11 is 0. The Bertz CT molecular complexity index is 1030. The highest BCUT2D eigenvalue weighted by Crippen LogP contribution is 2.27. The predicted molar refractivity (Wildman–Crippen MR) is 129 cm³/mol. The number of amides is 2. The van der Waals surface area contributed by atoms with Crippen LogP contribution in [-0.2, 0) is 32.5 Å². The van der Waals surface area contributed by atoms with Crippen molar-refractivity contribution in [3.63, 3.8) is 0 Å². The Labute approximate surface area is 202 Å². The quantitative estimate of drug-likeness (QED) is 0.627. The number of hydrogen-bond acceptors (Lipinski definition) is 5. The summed E-state index contributed by atoms with van der Waals surface area (Å²) in [5, 5.41) is 0. The van der Waals surface area contributed by atoms with Crippen molar-refractivity contribution < 1.29 is 18.0 Å². The Morgan fingerprint density at radius 1 is 0.794 bits per heavy atom. The molecule has 8 nitrogen and oxygen atoms in total. The second-order valence-electron chi connectivity index (χ2n) is 10.1. The third kappa shape index (κ3) is 4.75. The van der Waals surface area contributed by atoms with E-state index in [4.69, 9.17) is 0 Å². The van der Waals surface area contributed by atoms with Crippen molar-refractivity contribution in [2.75, 3.05) is 52.4 Å². The van der Waals surface area contributed by atoms with Gasteiger partial charge in [-0.2, -0.15) is 4.31 Å². The number of fused-ring (bicyclic) bond motifs is 1. The molecule has 0 bridgehead atoms. The summed E-state index contributed by atoms with van der Waals surface area (Å²) in [6.45, 7) is 4.06. The van der Waals surface area contributed by atoms with E-state index in [0.29, 0.717) is 31.1 Å². The minimum absolute atomic E-state index is 0.00398. The molecule has 9 heteroatoms. The van der Waals surface area contributed by atoms with E-state index in [2.05, 4.69) is 4.90 Å². The number of carbonyl (C=O) groups excluding carboxylic acids is 2. The molecular formula is C25H36N4O4S. The molecule has 0 N–H and O–H groups in total. The van der Waals surface area contributed by atoms with Crippen molar-refractivity contribution in [1.82, 2.24) is 19.0 Å². The molecule has 0 saturated carbocycles. The average molecular weight is 489 g/mol. The zero-order valence-electron chi connectivity index (χ0n) is 20.0. The van der Waals surface area contributed by atoms with Gasteiger partial charge in [-0.15, -0.1) is 0 Å². The lowest BCUT2D eigenvalue weighted by Crippen LogP contribution is -2.56. The van der Waals surface area contributed by atoms with Crippen LogP contribution < -0.4 is 0 Å². The van der Waals surface area contributed by atoms with Crippen molar-refractivity contribution in [3.8, 4) is 0 Å². The van der Waals surface area contributed by atoms with Crippen LogP contribution in [0.2, 0.25) is 0 Å². The zero-order valence-corrected chi connectivity index (χ0v) is 20.8. The summed E-state index contributed by atoms with van der Waals surface area (Å²) < 4.78 is 27.9. The van der Waals surface area contributed by atoms with Crippen LogP contribution in [0, 0.1) is 0 Å². The summed E-state index contributed by atoms with van der Waals surface area (Å²) in [6.07, 6.45) is 8.03. The number of benzene rings is 1. The van der Waals surface area contributed by atoms with E-state index in [-0.39, 0.29) is 24.4 Å². The minimum atomic E-state index is -3.55. The first-order valence-electron chi connectivity index (χ1n) is 12.9. The van der Waals surface area contributed by atoms with E-state index in [1.807, 2.05) is 17.0 Å². The van der Waals surface area contributed by atoms with Crippen molar-refractivity contribution in [2.24, 2.45) is 0 Å². The molecule has 1 unspecified atom stereocenters. The Morgan fingerprint density at radius 2 is 1.50 bits per heavy atom. The first-order valence-corrected chi connectivity index (χ1v) is 14.3. The van der Waals surface area contributed by atoms with Gasteiger partial charge >= 0.3 is 0 Å². The number of piperazine rings is 1. The molecule has 1 aliphatic carbocycles. The van der Waals surface area contributed by atoms with Gasteiger partial charge in [0.05, 0.1) is 17.5 Å². The van der Waals surface area contributed by atoms with Gasteiger partial charge in [-0.25, -0.2) is 8.42 Å². The first-order chi connectivity index (χ1) is 16.4. The summed E-state index contributed by atoms with van der Waals surface area (Å²) in [6, 6.07) is 5.32. The number of rotatable bonds is 5. The Balaban J connectivity index is 1.18. The lowest BCUT2D eigenvalue weighted by Gasteiger charge is -2.39. The fraction of sp³-hybridized carbons (Fsp3) is 0.680.